The Balaban J connectivity index is 2.77. The number of anilines is 1. The molecule has 0 saturated heterocycles. The molecule has 7 heteroatoms. The Kier molecular flexibility index (Phi) is 3.41. The number of amides is 2. The zero-order chi connectivity index (χ0) is 11.5. The van der Waals surface area contributed by atoms with Crippen molar-refractivity contribution in [3.63, 3.8) is 0 Å². The van der Waals surface area contributed by atoms with Crippen LogP contribution in [0, 0.1) is 0 Å². The van der Waals surface area contributed by atoms with E-state index < -0.39 is 17.8 Å². The molecule has 2 amide bonds. The fourth-order valence-corrected chi connectivity index (χ4v) is 0.945. The number of halogens is 4. The molecule has 0 aliphatic rings. The minimum Gasteiger partial charge on any atom is -0.307 e. The van der Waals surface area contributed by atoms with E-state index in [-0.39, 0.29) is 5.69 Å². The number of hydrogen-bond donors (Lipinski definition) is 2. The van der Waals surface area contributed by atoms with Gasteiger partial charge in [-0.1, -0.05) is 0 Å². The summed E-state index contributed by atoms with van der Waals surface area (Å²) in [5.74, 6) is 0. The maximum absolute atomic E-state index is 12.1. The standard InChI is InChI=1S/C8H6ClF3N2O/c9-14-7(15)13-6-3-1-5(2-4-6)8(10,11)12/h1-4H,(H2,13,14,15). The van der Waals surface area contributed by atoms with Gasteiger partial charge in [0, 0.05) is 17.5 Å². The molecule has 0 radical (unpaired) electrons. The molecule has 0 spiro atoms. The van der Waals surface area contributed by atoms with Crippen LogP contribution in [0.3, 0.4) is 0 Å². The van der Waals surface area contributed by atoms with Crippen molar-refractivity contribution in [3.8, 4) is 0 Å². The van der Waals surface area contributed by atoms with Crippen molar-refractivity contribution in [2.45, 2.75) is 6.18 Å². The van der Waals surface area contributed by atoms with Crippen molar-refractivity contribution >= 4 is 23.5 Å². The third-order valence-electron chi connectivity index (χ3n) is 1.56. The molecule has 0 heterocycles. The smallest absolute Gasteiger partial charge is 0.307 e. The summed E-state index contributed by atoms with van der Waals surface area (Å²) in [4.78, 5) is 12.4. The number of benzene rings is 1. The van der Waals surface area contributed by atoms with E-state index in [9.17, 15) is 18.0 Å². The number of urea groups is 1. The Morgan fingerprint density at radius 1 is 1.20 bits per heavy atom. The highest BCUT2D eigenvalue weighted by molar-refractivity contribution is 6.22. The number of hydrogen-bond acceptors (Lipinski definition) is 1. The van der Waals surface area contributed by atoms with E-state index in [1.165, 1.54) is 0 Å². The Morgan fingerprint density at radius 3 is 2.13 bits per heavy atom. The predicted octanol–water partition coefficient (Wildman–Crippen LogP) is 2.98. The van der Waals surface area contributed by atoms with Crippen LogP contribution >= 0.6 is 11.8 Å². The van der Waals surface area contributed by atoms with Gasteiger partial charge in [-0.05, 0) is 24.3 Å². The maximum atomic E-state index is 12.1. The van der Waals surface area contributed by atoms with Crippen LogP contribution in [0.2, 0.25) is 0 Å². The van der Waals surface area contributed by atoms with Gasteiger partial charge in [0.2, 0.25) is 0 Å². The summed E-state index contributed by atoms with van der Waals surface area (Å²) in [6.45, 7) is 0. The lowest BCUT2D eigenvalue weighted by Crippen LogP contribution is -2.20. The molecule has 15 heavy (non-hydrogen) atoms. The highest BCUT2D eigenvalue weighted by atomic mass is 35.5. The highest BCUT2D eigenvalue weighted by Gasteiger charge is 2.29. The third kappa shape index (κ3) is 3.32. The van der Waals surface area contributed by atoms with Gasteiger partial charge in [0.05, 0.1) is 5.56 Å². The average Bonchev–Trinajstić information content (AvgIpc) is 2.17. The summed E-state index contributed by atoms with van der Waals surface area (Å²) in [5.41, 5.74) is -0.555. The molecule has 0 aliphatic heterocycles. The van der Waals surface area contributed by atoms with Crippen molar-refractivity contribution in [3.05, 3.63) is 29.8 Å². The van der Waals surface area contributed by atoms with E-state index in [2.05, 4.69) is 5.32 Å². The molecule has 0 fully saturated rings. The summed E-state index contributed by atoms with van der Waals surface area (Å²) in [6.07, 6.45) is -4.38. The predicted molar refractivity (Wildman–Crippen MR) is 49.5 cm³/mol. The molecule has 0 unspecified atom stereocenters. The SMILES string of the molecule is O=C(NCl)Nc1ccc(C(F)(F)F)cc1. The van der Waals surface area contributed by atoms with Crippen molar-refractivity contribution < 1.29 is 18.0 Å². The monoisotopic (exact) mass is 238 g/mol. The molecule has 1 aromatic carbocycles. The minimum atomic E-state index is -4.38. The molecule has 0 saturated carbocycles. The van der Waals surface area contributed by atoms with E-state index in [4.69, 9.17) is 11.8 Å². The first-order chi connectivity index (χ1) is 6.93. The van der Waals surface area contributed by atoms with E-state index in [0.29, 0.717) is 0 Å². The van der Waals surface area contributed by atoms with Gasteiger partial charge in [0.25, 0.3) is 0 Å². The molecular weight excluding hydrogens is 233 g/mol. The zero-order valence-electron chi connectivity index (χ0n) is 7.23. The van der Waals surface area contributed by atoms with Gasteiger partial charge in [0.15, 0.2) is 0 Å². The maximum Gasteiger partial charge on any atom is 0.416 e. The normalized spacial score (nSPS) is 10.9. The fourth-order valence-electron chi connectivity index (χ4n) is 0.897. The van der Waals surface area contributed by atoms with Crippen LogP contribution in [0.1, 0.15) is 5.56 Å². The number of carbonyl (C=O) groups excluding carboxylic acids is 1. The summed E-state index contributed by atoms with van der Waals surface area (Å²) < 4.78 is 36.4. The summed E-state index contributed by atoms with van der Waals surface area (Å²) >= 11 is 4.96. The van der Waals surface area contributed by atoms with Gasteiger partial charge >= 0.3 is 12.2 Å². The summed E-state index contributed by atoms with van der Waals surface area (Å²) in [5, 5.41) is 2.22. The molecule has 1 rings (SSSR count). The molecular formula is C8H6ClF3N2O. The summed E-state index contributed by atoms with van der Waals surface area (Å²) in [7, 11) is 0. The van der Waals surface area contributed by atoms with E-state index in [1.54, 1.807) is 4.84 Å². The van der Waals surface area contributed by atoms with Gasteiger partial charge in [0.1, 0.15) is 0 Å². The Morgan fingerprint density at radius 2 is 1.73 bits per heavy atom. The third-order valence-corrected chi connectivity index (χ3v) is 1.73. The number of rotatable bonds is 1. The van der Waals surface area contributed by atoms with E-state index >= 15 is 0 Å². The van der Waals surface area contributed by atoms with Gasteiger partial charge in [-0.3, -0.25) is 0 Å². The lowest BCUT2D eigenvalue weighted by atomic mass is 10.2. The molecule has 2 N–H and O–H groups in total. The highest BCUT2D eigenvalue weighted by Crippen LogP contribution is 2.29. The van der Waals surface area contributed by atoms with Gasteiger partial charge in [-0.15, -0.1) is 0 Å². The van der Waals surface area contributed by atoms with Crippen molar-refractivity contribution in [2.75, 3.05) is 5.32 Å². The molecule has 0 aliphatic carbocycles. The second kappa shape index (κ2) is 4.39. The van der Waals surface area contributed by atoms with Crippen LogP contribution in [0.25, 0.3) is 0 Å². The molecule has 0 bridgehead atoms. The molecule has 3 nitrogen and oxygen atoms in total. The second-order valence-electron chi connectivity index (χ2n) is 2.62. The van der Waals surface area contributed by atoms with Crippen LogP contribution in [0.15, 0.2) is 24.3 Å². The molecule has 0 atom stereocenters. The van der Waals surface area contributed by atoms with Crippen LogP contribution < -0.4 is 10.2 Å². The zero-order valence-corrected chi connectivity index (χ0v) is 7.99. The molecule has 0 aromatic heterocycles. The summed E-state index contributed by atoms with van der Waals surface area (Å²) in [6, 6.07) is 3.29. The van der Waals surface area contributed by atoms with Crippen molar-refractivity contribution in [1.82, 2.24) is 4.84 Å². The number of alkyl halides is 3. The average molecular weight is 239 g/mol. The number of carbonyl (C=O) groups is 1. The Labute approximate surface area is 88.3 Å². The largest absolute Gasteiger partial charge is 0.416 e. The van der Waals surface area contributed by atoms with Crippen LogP contribution in [0.4, 0.5) is 23.7 Å². The first-order valence-electron chi connectivity index (χ1n) is 3.78. The first-order valence-corrected chi connectivity index (χ1v) is 4.16. The second-order valence-corrected chi connectivity index (χ2v) is 2.81. The van der Waals surface area contributed by atoms with E-state index in [0.717, 1.165) is 24.3 Å². The molecule has 1 aromatic rings. The Bertz CT molecular complexity index is 350. The molecule has 82 valence electrons. The fraction of sp³-hybridized carbons (Fsp3) is 0.125. The minimum absolute atomic E-state index is 0.223. The number of nitrogens with one attached hydrogen (secondary N) is 2. The topological polar surface area (TPSA) is 41.1 Å². The lowest BCUT2D eigenvalue weighted by Gasteiger charge is -2.07. The van der Waals surface area contributed by atoms with Crippen molar-refractivity contribution in [2.24, 2.45) is 0 Å². The van der Waals surface area contributed by atoms with Crippen LogP contribution in [-0.4, -0.2) is 6.03 Å². The van der Waals surface area contributed by atoms with Gasteiger partial charge < -0.3 is 5.32 Å². The van der Waals surface area contributed by atoms with Crippen LogP contribution in [0.5, 0.6) is 0 Å². The van der Waals surface area contributed by atoms with Gasteiger partial charge in [-0.25, -0.2) is 9.63 Å². The quantitative estimate of drug-likeness (QED) is 0.726. The lowest BCUT2D eigenvalue weighted by molar-refractivity contribution is -0.137. The van der Waals surface area contributed by atoms with Crippen molar-refractivity contribution in [1.29, 1.82) is 0 Å². The van der Waals surface area contributed by atoms with Gasteiger partial charge in [-0.2, -0.15) is 13.2 Å². The Hall–Kier alpha value is -1.43. The van der Waals surface area contributed by atoms with E-state index in [1.807, 2.05) is 0 Å². The van der Waals surface area contributed by atoms with Crippen LogP contribution in [-0.2, 0) is 6.18 Å². The first kappa shape index (κ1) is 11.6.